The summed E-state index contributed by atoms with van der Waals surface area (Å²) in [5, 5.41) is 0. The lowest BCUT2D eigenvalue weighted by atomic mass is 9.98. The van der Waals surface area contributed by atoms with Crippen LogP contribution < -0.4 is 5.43 Å². The molecule has 0 atom stereocenters. The van der Waals surface area contributed by atoms with Crippen molar-refractivity contribution in [2.45, 2.75) is 32.1 Å². The van der Waals surface area contributed by atoms with Gasteiger partial charge in [-0.1, -0.05) is 6.42 Å². The summed E-state index contributed by atoms with van der Waals surface area (Å²) in [6.45, 7) is 0.593. The van der Waals surface area contributed by atoms with Crippen LogP contribution in [0.3, 0.4) is 0 Å². The number of nitrogens with one attached hydrogen (secondary N) is 1. The van der Waals surface area contributed by atoms with E-state index in [-0.39, 0.29) is 5.91 Å². The molecular weight excluding hydrogens is 140 g/mol. The van der Waals surface area contributed by atoms with Crippen LogP contribution in [-0.2, 0) is 4.79 Å². The van der Waals surface area contributed by atoms with E-state index in [0.29, 0.717) is 6.54 Å². The zero-order chi connectivity index (χ0) is 7.68. The largest absolute Gasteiger partial charge is 0.342 e. The number of hydrogen-bond acceptors (Lipinski definition) is 1. The summed E-state index contributed by atoms with van der Waals surface area (Å²) in [4.78, 5) is 10.6. The number of amides is 1. The Kier molecular flexibility index (Phi) is 1.64. The number of rotatable bonds is 0. The van der Waals surface area contributed by atoms with Crippen LogP contribution in [0.4, 0.5) is 0 Å². The summed E-state index contributed by atoms with van der Waals surface area (Å²) >= 11 is 0. The molecule has 11 heavy (non-hydrogen) atoms. The SMILES string of the molecule is O=C1C[N+](=C2CCCCC2)N1. The molecule has 2 aliphatic rings. The Morgan fingerprint density at radius 2 is 1.82 bits per heavy atom. The average Bonchev–Trinajstić information content (AvgIpc) is 2.01. The number of hydrazine groups is 1. The molecule has 0 radical (unpaired) electrons. The van der Waals surface area contributed by atoms with Gasteiger partial charge in [-0.15, -0.1) is 10.1 Å². The van der Waals surface area contributed by atoms with Crippen LogP contribution in [0, 0.1) is 0 Å². The van der Waals surface area contributed by atoms with Crippen molar-refractivity contribution in [2.24, 2.45) is 0 Å². The normalized spacial score (nSPS) is 24.5. The van der Waals surface area contributed by atoms with Crippen LogP contribution in [0.1, 0.15) is 32.1 Å². The van der Waals surface area contributed by atoms with E-state index in [4.69, 9.17) is 0 Å². The maximum atomic E-state index is 10.6. The topological polar surface area (TPSA) is 32.1 Å². The van der Waals surface area contributed by atoms with Gasteiger partial charge in [0.05, 0.1) is 0 Å². The first kappa shape index (κ1) is 6.83. The molecule has 1 N–H and O–H groups in total. The van der Waals surface area contributed by atoms with Gasteiger partial charge >= 0.3 is 5.91 Å². The van der Waals surface area contributed by atoms with Crippen LogP contribution in [0.15, 0.2) is 0 Å². The summed E-state index contributed by atoms with van der Waals surface area (Å²) in [6.07, 6.45) is 6.30. The number of carbonyl (C=O) groups excluding carboxylic acids is 1. The van der Waals surface area contributed by atoms with Crippen molar-refractivity contribution in [3.05, 3.63) is 0 Å². The second-order valence-electron chi connectivity index (χ2n) is 3.25. The molecule has 0 aromatic carbocycles. The Bertz CT molecular complexity index is 202. The van der Waals surface area contributed by atoms with Gasteiger partial charge < -0.3 is 0 Å². The quantitative estimate of drug-likeness (QED) is 0.503. The maximum absolute atomic E-state index is 10.6. The molecule has 1 saturated heterocycles. The Morgan fingerprint density at radius 1 is 1.18 bits per heavy atom. The summed E-state index contributed by atoms with van der Waals surface area (Å²) in [5.41, 5.74) is 4.20. The van der Waals surface area contributed by atoms with Crippen LogP contribution in [0.2, 0.25) is 0 Å². The van der Waals surface area contributed by atoms with E-state index in [1.807, 2.05) is 4.68 Å². The predicted octanol–water partition coefficient (Wildman–Crippen LogP) is 0.449. The summed E-state index contributed by atoms with van der Waals surface area (Å²) < 4.78 is 2.00. The van der Waals surface area contributed by atoms with Crippen molar-refractivity contribution < 1.29 is 9.48 Å². The van der Waals surface area contributed by atoms with Crippen molar-refractivity contribution in [3.8, 4) is 0 Å². The highest BCUT2D eigenvalue weighted by Gasteiger charge is 2.31. The van der Waals surface area contributed by atoms with E-state index in [0.717, 1.165) is 0 Å². The number of nitrogens with zero attached hydrogens (tertiary/aromatic N) is 1. The lowest BCUT2D eigenvalue weighted by Gasteiger charge is -2.17. The number of carbonyl (C=O) groups is 1. The zero-order valence-corrected chi connectivity index (χ0v) is 6.60. The molecule has 2 fully saturated rings. The van der Waals surface area contributed by atoms with Crippen molar-refractivity contribution in [2.75, 3.05) is 6.54 Å². The number of hydrazone groups is 1. The van der Waals surface area contributed by atoms with E-state index >= 15 is 0 Å². The molecule has 60 valence electrons. The minimum Gasteiger partial charge on any atom is -0.262 e. The van der Waals surface area contributed by atoms with Gasteiger partial charge in [0.25, 0.3) is 6.54 Å². The van der Waals surface area contributed by atoms with Gasteiger partial charge in [0, 0.05) is 12.8 Å². The predicted molar refractivity (Wildman–Crippen MR) is 41.4 cm³/mol. The standard InChI is InChI=1S/C8H12N2O/c11-8-6-10(9-8)7-4-2-1-3-5-7/h1-6H2/p+1. The van der Waals surface area contributed by atoms with E-state index < -0.39 is 0 Å². The minimum atomic E-state index is 0.156. The van der Waals surface area contributed by atoms with Crippen LogP contribution >= 0.6 is 0 Å². The highest BCUT2D eigenvalue weighted by Crippen LogP contribution is 2.14. The third-order valence-electron chi connectivity index (χ3n) is 2.37. The van der Waals surface area contributed by atoms with Gasteiger partial charge in [-0.2, -0.15) is 0 Å². The van der Waals surface area contributed by atoms with Gasteiger partial charge in [0.2, 0.25) is 0 Å². The Hall–Kier alpha value is -0.860. The molecule has 0 aromatic heterocycles. The molecule has 1 aliphatic carbocycles. The lowest BCUT2D eigenvalue weighted by Crippen LogP contribution is -2.55. The first-order valence-electron chi connectivity index (χ1n) is 4.28. The Balaban J connectivity index is 2.01. The smallest absolute Gasteiger partial charge is 0.262 e. The molecule has 0 unspecified atom stereocenters. The van der Waals surface area contributed by atoms with Crippen molar-refractivity contribution in [1.29, 1.82) is 0 Å². The van der Waals surface area contributed by atoms with E-state index in [1.165, 1.54) is 37.8 Å². The van der Waals surface area contributed by atoms with Crippen LogP contribution in [0.25, 0.3) is 0 Å². The fourth-order valence-corrected chi connectivity index (χ4v) is 1.70. The summed E-state index contributed by atoms with van der Waals surface area (Å²) in [6, 6.07) is 0. The highest BCUT2D eigenvalue weighted by atomic mass is 16.2. The van der Waals surface area contributed by atoms with E-state index in [9.17, 15) is 4.79 Å². The van der Waals surface area contributed by atoms with E-state index in [1.54, 1.807) is 0 Å². The van der Waals surface area contributed by atoms with Gasteiger partial charge in [-0.05, 0) is 12.8 Å². The molecule has 0 spiro atoms. The zero-order valence-electron chi connectivity index (χ0n) is 6.60. The lowest BCUT2D eigenvalue weighted by molar-refractivity contribution is -0.604. The van der Waals surface area contributed by atoms with E-state index in [2.05, 4.69) is 5.43 Å². The van der Waals surface area contributed by atoms with Gasteiger partial charge in [-0.25, -0.2) is 0 Å². The first-order chi connectivity index (χ1) is 5.36. The monoisotopic (exact) mass is 153 g/mol. The Morgan fingerprint density at radius 3 is 2.36 bits per heavy atom. The summed E-state index contributed by atoms with van der Waals surface area (Å²) in [5.74, 6) is 0.156. The fourth-order valence-electron chi connectivity index (χ4n) is 1.70. The van der Waals surface area contributed by atoms with Crippen molar-refractivity contribution >= 4 is 11.6 Å². The third-order valence-corrected chi connectivity index (χ3v) is 2.37. The van der Waals surface area contributed by atoms with Gasteiger partial charge in [-0.3, -0.25) is 4.79 Å². The summed E-state index contributed by atoms with van der Waals surface area (Å²) in [7, 11) is 0. The highest BCUT2D eigenvalue weighted by molar-refractivity contribution is 5.86. The molecule has 1 saturated carbocycles. The Labute approximate surface area is 66.1 Å². The molecule has 1 heterocycles. The fraction of sp³-hybridized carbons (Fsp3) is 0.750. The number of hydrogen-bond donors (Lipinski definition) is 1. The minimum absolute atomic E-state index is 0.156. The maximum Gasteiger partial charge on any atom is 0.342 e. The van der Waals surface area contributed by atoms with Crippen LogP contribution in [-0.4, -0.2) is 22.8 Å². The second kappa shape index (κ2) is 2.64. The molecule has 0 bridgehead atoms. The van der Waals surface area contributed by atoms with Crippen molar-refractivity contribution in [3.63, 3.8) is 0 Å². The molecule has 1 aliphatic heterocycles. The molecule has 3 nitrogen and oxygen atoms in total. The molecule has 1 amide bonds. The first-order valence-corrected chi connectivity index (χ1v) is 4.28. The second-order valence-corrected chi connectivity index (χ2v) is 3.25. The molecule has 2 rings (SSSR count). The van der Waals surface area contributed by atoms with Crippen molar-refractivity contribution in [1.82, 2.24) is 5.43 Å². The molecule has 0 aromatic rings. The molecular formula is C8H13N2O+. The third kappa shape index (κ3) is 1.27. The van der Waals surface area contributed by atoms with Gasteiger partial charge in [0.15, 0.2) is 5.71 Å². The molecule has 3 heteroatoms. The van der Waals surface area contributed by atoms with Crippen LogP contribution in [0.5, 0.6) is 0 Å². The average molecular weight is 153 g/mol. The van der Waals surface area contributed by atoms with Gasteiger partial charge in [0.1, 0.15) is 0 Å².